The Kier molecular flexibility index (Phi) is 4.58. The number of rotatable bonds is 4. The second-order valence-electron chi connectivity index (χ2n) is 9.02. The highest BCUT2D eigenvalue weighted by Crippen LogP contribution is 2.61. The normalized spacial score (nSPS) is 34.0. The van der Waals surface area contributed by atoms with Gasteiger partial charge in [0.25, 0.3) is 0 Å². The Bertz CT molecular complexity index is 712. The van der Waals surface area contributed by atoms with Crippen molar-refractivity contribution in [3.8, 4) is 0 Å². The fourth-order valence-corrected chi connectivity index (χ4v) is 6.63. The monoisotopic (exact) mass is 355 g/mol. The van der Waals surface area contributed by atoms with Crippen LogP contribution in [0.5, 0.6) is 0 Å². The summed E-state index contributed by atoms with van der Waals surface area (Å²) < 4.78 is 0. The summed E-state index contributed by atoms with van der Waals surface area (Å²) >= 11 is 0. The van der Waals surface area contributed by atoms with Crippen molar-refractivity contribution in [2.45, 2.75) is 58.0 Å². The molecule has 6 rings (SSSR count). The summed E-state index contributed by atoms with van der Waals surface area (Å²) in [6, 6.07) is 16.2. The lowest BCUT2D eigenvalue weighted by molar-refractivity contribution is -0.0706. The van der Waals surface area contributed by atoms with E-state index in [9.17, 15) is 0 Å². The number of hydrogen-bond acceptors (Lipinski definition) is 1. The van der Waals surface area contributed by atoms with Gasteiger partial charge < -0.3 is 5.32 Å². The molecule has 0 aromatic heterocycles. The number of nitrogens with one attached hydrogen (secondary N) is 1. The lowest BCUT2D eigenvalue weighted by Crippen LogP contribution is -2.54. The molecule has 2 aromatic carbocycles. The topological polar surface area (TPSA) is 12.0 Å². The first-order chi connectivity index (χ1) is 11.7. The molecule has 1 atom stereocenters. The van der Waals surface area contributed by atoms with Gasteiger partial charge in [0.2, 0.25) is 0 Å². The molecule has 0 radical (unpaired) electrons. The Hall–Kier alpha value is -1.05. The molecule has 4 fully saturated rings. The summed E-state index contributed by atoms with van der Waals surface area (Å²) in [6.45, 7) is 3.47. The first-order valence-electron chi connectivity index (χ1n) is 9.92. The standard InChI is InChI=1S/C23H29N.ClH/c1-16(23-12-17-9-18(13-23)11-19(10-17)14-23)24-15-21-7-4-6-20-5-2-3-8-22(20)21;/h2-8,16-19,24H,9-15H2,1H3;1H. The Balaban J connectivity index is 0.00000157. The van der Waals surface area contributed by atoms with Crippen LogP contribution in [0, 0.1) is 23.2 Å². The van der Waals surface area contributed by atoms with Crippen LogP contribution in [-0.2, 0) is 6.54 Å². The average molecular weight is 356 g/mol. The average Bonchev–Trinajstić information content (AvgIpc) is 2.58. The molecule has 4 bridgehead atoms. The molecule has 0 aliphatic heterocycles. The fraction of sp³-hybridized carbons (Fsp3) is 0.565. The molecule has 0 spiro atoms. The zero-order chi connectivity index (χ0) is 16.1. The molecule has 134 valence electrons. The van der Waals surface area contributed by atoms with Crippen LogP contribution in [0.25, 0.3) is 10.8 Å². The summed E-state index contributed by atoms with van der Waals surface area (Å²) in [5.41, 5.74) is 2.05. The third kappa shape index (κ3) is 3.00. The molecular formula is C23H30ClN. The molecular weight excluding hydrogens is 326 g/mol. The quantitative estimate of drug-likeness (QED) is 0.713. The zero-order valence-electron chi connectivity index (χ0n) is 15.2. The van der Waals surface area contributed by atoms with E-state index in [1.54, 1.807) is 0 Å². The van der Waals surface area contributed by atoms with Crippen LogP contribution >= 0.6 is 12.4 Å². The molecule has 4 aliphatic rings. The van der Waals surface area contributed by atoms with Crippen molar-refractivity contribution in [3.05, 3.63) is 48.0 Å². The molecule has 25 heavy (non-hydrogen) atoms. The molecule has 2 aromatic rings. The Labute approximate surface area is 158 Å². The predicted molar refractivity (Wildman–Crippen MR) is 108 cm³/mol. The highest BCUT2D eigenvalue weighted by Gasteiger charge is 2.52. The second-order valence-corrected chi connectivity index (χ2v) is 9.02. The van der Waals surface area contributed by atoms with Gasteiger partial charge in [-0.15, -0.1) is 12.4 Å². The van der Waals surface area contributed by atoms with Crippen LogP contribution in [-0.4, -0.2) is 6.04 Å². The maximum Gasteiger partial charge on any atom is 0.0214 e. The number of halogens is 1. The fourth-order valence-electron chi connectivity index (χ4n) is 6.63. The molecule has 1 unspecified atom stereocenters. The van der Waals surface area contributed by atoms with Gasteiger partial charge in [-0.2, -0.15) is 0 Å². The summed E-state index contributed by atoms with van der Waals surface area (Å²) in [5, 5.41) is 6.72. The Morgan fingerprint density at radius 3 is 2.20 bits per heavy atom. The smallest absolute Gasteiger partial charge is 0.0214 e. The lowest BCUT2D eigenvalue weighted by Gasteiger charge is -2.59. The van der Waals surface area contributed by atoms with E-state index in [1.165, 1.54) is 54.9 Å². The molecule has 0 saturated heterocycles. The van der Waals surface area contributed by atoms with E-state index in [4.69, 9.17) is 0 Å². The molecule has 1 N–H and O–H groups in total. The largest absolute Gasteiger partial charge is 0.310 e. The van der Waals surface area contributed by atoms with Crippen LogP contribution < -0.4 is 5.32 Å². The van der Waals surface area contributed by atoms with Gasteiger partial charge in [0.15, 0.2) is 0 Å². The lowest BCUT2D eigenvalue weighted by atomic mass is 9.48. The van der Waals surface area contributed by atoms with Crippen molar-refractivity contribution in [3.63, 3.8) is 0 Å². The molecule has 4 saturated carbocycles. The Morgan fingerprint density at radius 2 is 1.52 bits per heavy atom. The first kappa shape index (κ1) is 17.4. The maximum atomic E-state index is 3.95. The van der Waals surface area contributed by atoms with Crippen LogP contribution in [0.1, 0.15) is 51.0 Å². The number of fused-ring (bicyclic) bond motifs is 1. The van der Waals surface area contributed by atoms with Crippen molar-refractivity contribution >= 4 is 23.2 Å². The van der Waals surface area contributed by atoms with Gasteiger partial charge in [-0.3, -0.25) is 0 Å². The van der Waals surface area contributed by atoms with Gasteiger partial charge >= 0.3 is 0 Å². The third-order valence-electron chi connectivity index (χ3n) is 7.48. The summed E-state index contributed by atoms with van der Waals surface area (Å²) in [4.78, 5) is 0. The molecule has 0 heterocycles. The Morgan fingerprint density at radius 1 is 0.920 bits per heavy atom. The van der Waals surface area contributed by atoms with Gasteiger partial charge in [0.1, 0.15) is 0 Å². The summed E-state index contributed by atoms with van der Waals surface area (Å²) in [5.74, 6) is 3.12. The SMILES string of the molecule is CC(NCc1cccc2ccccc12)C12CC3CC(CC(C3)C1)C2.Cl. The van der Waals surface area contributed by atoms with Crippen LogP contribution in [0.3, 0.4) is 0 Å². The van der Waals surface area contributed by atoms with E-state index in [-0.39, 0.29) is 12.4 Å². The molecule has 0 amide bonds. The van der Waals surface area contributed by atoms with E-state index in [2.05, 4.69) is 54.7 Å². The van der Waals surface area contributed by atoms with Crippen LogP contribution in [0.15, 0.2) is 42.5 Å². The molecule has 1 nitrogen and oxygen atoms in total. The van der Waals surface area contributed by atoms with Gasteiger partial charge in [-0.25, -0.2) is 0 Å². The molecule has 4 aliphatic carbocycles. The highest BCUT2D eigenvalue weighted by molar-refractivity contribution is 5.85. The number of benzene rings is 2. The minimum atomic E-state index is 0. The van der Waals surface area contributed by atoms with E-state index in [0.717, 1.165) is 24.3 Å². The van der Waals surface area contributed by atoms with Gasteiger partial charge in [-0.1, -0.05) is 42.5 Å². The molecule has 2 heteroatoms. The van der Waals surface area contributed by atoms with Crippen molar-refractivity contribution in [2.24, 2.45) is 23.2 Å². The summed E-state index contributed by atoms with van der Waals surface area (Å²) in [6.07, 6.45) is 9.08. The van der Waals surface area contributed by atoms with Crippen molar-refractivity contribution < 1.29 is 0 Å². The van der Waals surface area contributed by atoms with Gasteiger partial charge in [0, 0.05) is 12.6 Å². The van der Waals surface area contributed by atoms with Gasteiger partial charge in [0.05, 0.1) is 0 Å². The van der Waals surface area contributed by atoms with Crippen molar-refractivity contribution in [2.75, 3.05) is 0 Å². The van der Waals surface area contributed by atoms with Crippen LogP contribution in [0.4, 0.5) is 0 Å². The van der Waals surface area contributed by atoms with E-state index in [0.29, 0.717) is 11.5 Å². The zero-order valence-corrected chi connectivity index (χ0v) is 16.0. The van der Waals surface area contributed by atoms with E-state index >= 15 is 0 Å². The van der Waals surface area contributed by atoms with Gasteiger partial charge in [-0.05, 0) is 85.0 Å². The van der Waals surface area contributed by atoms with Crippen LogP contribution in [0.2, 0.25) is 0 Å². The number of hydrogen-bond donors (Lipinski definition) is 1. The predicted octanol–water partition coefficient (Wildman–Crippen LogP) is 5.96. The van der Waals surface area contributed by atoms with E-state index in [1.807, 2.05) is 0 Å². The summed E-state index contributed by atoms with van der Waals surface area (Å²) in [7, 11) is 0. The second kappa shape index (κ2) is 6.59. The maximum absolute atomic E-state index is 3.95. The minimum absolute atomic E-state index is 0. The minimum Gasteiger partial charge on any atom is -0.310 e. The van der Waals surface area contributed by atoms with Crippen molar-refractivity contribution in [1.82, 2.24) is 5.32 Å². The van der Waals surface area contributed by atoms with E-state index < -0.39 is 0 Å². The van der Waals surface area contributed by atoms with Crippen molar-refractivity contribution in [1.29, 1.82) is 0 Å². The first-order valence-corrected chi connectivity index (χ1v) is 9.92. The highest BCUT2D eigenvalue weighted by atomic mass is 35.5. The third-order valence-corrected chi connectivity index (χ3v) is 7.48.